The molecule has 24 heavy (non-hydrogen) atoms. The molecule has 0 saturated carbocycles. The van der Waals surface area contributed by atoms with E-state index in [0.29, 0.717) is 43.9 Å². The van der Waals surface area contributed by atoms with E-state index in [1.54, 1.807) is 24.0 Å². The van der Waals surface area contributed by atoms with Crippen LogP contribution in [0.1, 0.15) is 42.6 Å². The van der Waals surface area contributed by atoms with Gasteiger partial charge in [0.2, 0.25) is 11.8 Å². The zero-order valence-electron chi connectivity index (χ0n) is 13.5. The van der Waals surface area contributed by atoms with Crippen LogP contribution in [0.4, 0.5) is 4.39 Å². The number of hydrogen-bond acceptors (Lipinski definition) is 5. The van der Waals surface area contributed by atoms with Crippen molar-refractivity contribution < 1.29 is 18.8 Å². The lowest BCUT2D eigenvalue weighted by atomic mass is 10.0. The van der Waals surface area contributed by atoms with E-state index in [4.69, 9.17) is 4.52 Å². The summed E-state index contributed by atoms with van der Waals surface area (Å²) in [5, 5.41) is 13.7. The molecule has 3 rings (SSSR count). The van der Waals surface area contributed by atoms with E-state index in [-0.39, 0.29) is 17.8 Å². The average molecular weight is 333 g/mol. The number of aromatic nitrogens is 2. The molecule has 1 amide bonds. The molecule has 0 unspecified atom stereocenters. The van der Waals surface area contributed by atoms with Crippen LogP contribution < -0.4 is 0 Å². The molecule has 1 aliphatic rings. The Bertz CT molecular complexity index is 701. The van der Waals surface area contributed by atoms with E-state index >= 15 is 0 Å². The van der Waals surface area contributed by atoms with E-state index in [0.717, 1.165) is 5.56 Å². The standard InChI is InChI=1S/C17H20FN3O3/c1-11-19-16(24-20-11)3-2-4-17(23)21-10-14(22)9-15(21)12-5-7-13(18)8-6-12/h5-8,14-15,22H,2-4,9-10H2,1H3/t14-,15-/m0/s1. The highest BCUT2D eigenvalue weighted by Gasteiger charge is 2.34. The predicted octanol–water partition coefficient (Wildman–Crippen LogP) is 2.17. The molecule has 0 bridgehead atoms. The third kappa shape index (κ3) is 3.79. The van der Waals surface area contributed by atoms with Crippen LogP contribution >= 0.6 is 0 Å². The summed E-state index contributed by atoms with van der Waals surface area (Å²) < 4.78 is 18.1. The Labute approximate surface area is 139 Å². The van der Waals surface area contributed by atoms with Gasteiger partial charge >= 0.3 is 0 Å². The Morgan fingerprint density at radius 2 is 2.17 bits per heavy atom. The fourth-order valence-corrected chi connectivity index (χ4v) is 3.07. The van der Waals surface area contributed by atoms with Crippen LogP contribution in [0.2, 0.25) is 0 Å². The minimum Gasteiger partial charge on any atom is -0.391 e. The van der Waals surface area contributed by atoms with Gasteiger partial charge in [0.15, 0.2) is 5.82 Å². The van der Waals surface area contributed by atoms with Crippen molar-refractivity contribution in [2.45, 2.75) is 44.8 Å². The van der Waals surface area contributed by atoms with Gasteiger partial charge in [-0.05, 0) is 37.5 Å². The fraction of sp³-hybridized carbons (Fsp3) is 0.471. The number of halogens is 1. The highest BCUT2D eigenvalue weighted by atomic mass is 19.1. The minimum absolute atomic E-state index is 0.0305. The number of carbonyl (C=O) groups excluding carboxylic acids is 1. The second-order valence-corrected chi connectivity index (χ2v) is 6.09. The van der Waals surface area contributed by atoms with Gasteiger partial charge in [0.1, 0.15) is 5.82 Å². The molecule has 2 heterocycles. The molecule has 6 nitrogen and oxygen atoms in total. The molecule has 1 aromatic heterocycles. The lowest BCUT2D eigenvalue weighted by molar-refractivity contribution is -0.132. The normalized spacial score (nSPS) is 20.5. The second kappa shape index (κ2) is 7.09. The van der Waals surface area contributed by atoms with E-state index in [1.807, 2.05) is 0 Å². The highest BCUT2D eigenvalue weighted by Crippen LogP contribution is 2.33. The third-order valence-electron chi connectivity index (χ3n) is 4.21. The molecule has 1 fully saturated rings. The lowest BCUT2D eigenvalue weighted by Crippen LogP contribution is -2.31. The monoisotopic (exact) mass is 333 g/mol. The van der Waals surface area contributed by atoms with Gasteiger partial charge in [-0.1, -0.05) is 17.3 Å². The van der Waals surface area contributed by atoms with Gasteiger partial charge in [-0.3, -0.25) is 4.79 Å². The summed E-state index contributed by atoms with van der Waals surface area (Å²) in [6.07, 6.45) is 1.40. The summed E-state index contributed by atoms with van der Waals surface area (Å²) in [6, 6.07) is 5.87. The predicted molar refractivity (Wildman–Crippen MR) is 83.5 cm³/mol. The summed E-state index contributed by atoms with van der Waals surface area (Å²) in [7, 11) is 0. The number of nitrogens with zero attached hydrogens (tertiary/aromatic N) is 3. The van der Waals surface area contributed by atoms with Gasteiger partial charge in [0, 0.05) is 19.4 Å². The van der Waals surface area contributed by atoms with Gasteiger partial charge < -0.3 is 14.5 Å². The van der Waals surface area contributed by atoms with Crippen molar-refractivity contribution in [3.8, 4) is 0 Å². The Hall–Kier alpha value is -2.28. The molecule has 1 N–H and O–H groups in total. The van der Waals surface area contributed by atoms with Crippen LogP contribution in [0.3, 0.4) is 0 Å². The van der Waals surface area contributed by atoms with E-state index < -0.39 is 6.10 Å². The topological polar surface area (TPSA) is 79.5 Å². The zero-order valence-corrected chi connectivity index (χ0v) is 13.5. The Morgan fingerprint density at radius 3 is 2.83 bits per heavy atom. The molecule has 0 radical (unpaired) electrons. The van der Waals surface area contributed by atoms with Crippen molar-refractivity contribution in [3.63, 3.8) is 0 Å². The first kappa shape index (κ1) is 16.6. The molecule has 2 aromatic rings. The smallest absolute Gasteiger partial charge is 0.226 e. The summed E-state index contributed by atoms with van der Waals surface area (Å²) in [4.78, 5) is 18.3. The highest BCUT2D eigenvalue weighted by molar-refractivity contribution is 5.77. The van der Waals surface area contributed by atoms with Gasteiger partial charge in [0.05, 0.1) is 12.1 Å². The molecular weight excluding hydrogens is 313 g/mol. The van der Waals surface area contributed by atoms with Crippen molar-refractivity contribution in [1.82, 2.24) is 15.0 Å². The van der Waals surface area contributed by atoms with Crippen molar-refractivity contribution in [2.75, 3.05) is 6.54 Å². The number of carbonyl (C=O) groups is 1. The Morgan fingerprint density at radius 1 is 1.42 bits per heavy atom. The lowest BCUT2D eigenvalue weighted by Gasteiger charge is -2.24. The van der Waals surface area contributed by atoms with Crippen LogP contribution in [0.25, 0.3) is 0 Å². The SMILES string of the molecule is Cc1noc(CCCC(=O)N2C[C@@H](O)C[C@H]2c2ccc(F)cc2)n1. The fourth-order valence-electron chi connectivity index (χ4n) is 3.07. The molecular formula is C17H20FN3O3. The molecule has 0 spiro atoms. The van der Waals surface area contributed by atoms with Crippen molar-refractivity contribution in [3.05, 3.63) is 47.4 Å². The molecule has 2 atom stereocenters. The molecule has 1 aliphatic heterocycles. The van der Waals surface area contributed by atoms with Crippen LogP contribution in [-0.2, 0) is 11.2 Å². The average Bonchev–Trinajstić information content (AvgIpc) is 3.14. The number of β-amino-alcohol motifs (C(OH)–C–C–N with tert-alkyl or cyclic N) is 1. The van der Waals surface area contributed by atoms with E-state index in [1.165, 1.54) is 12.1 Å². The maximum Gasteiger partial charge on any atom is 0.226 e. The Balaban J connectivity index is 1.60. The Kier molecular flexibility index (Phi) is 4.89. The zero-order chi connectivity index (χ0) is 17.1. The van der Waals surface area contributed by atoms with Crippen LogP contribution in [0, 0.1) is 12.7 Å². The van der Waals surface area contributed by atoms with Crippen LogP contribution in [0.15, 0.2) is 28.8 Å². The first-order valence-electron chi connectivity index (χ1n) is 8.05. The molecule has 7 heteroatoms. The first-order chi connectivity index (χ1) is 11.5. The summed E-state index contributed by atoms with van der Waals surface area (Å²) >= 11 is 0. The molecule has 128 valence electrons. The van der Waals surface area contributed by atoms with Gasteiger partial charge in [-0.25, -0.2) is 4.39 Å². The third-order valence-corrected chi connectivity index (χ3v) is 4.21. The number of aliphatic hydroxyl groups excluding tert-OH is 1. The van der Waals surface area contributed by atoms with Crippen molar-refractivity contribution >= 4 is 5.91 Å². The van der Waals surface area contributed by atoms with E-state index in [2.05, 4.69) is 10.1 Å². The van der Waals surface area contributed by atoms with Crippen molar-refractivity contribution in [2.24, 2.45) is 0 Å². The molecule has 1 saturated heterocycles. The van der Waals surface area contributed by atoms with Crippen LogP contribution in [-0.4, -0.2) is 38.7 Å². The number of aliphatic hydroxyl groups is 1. The van der Waals surface area contributed by atoms with Gasteiger partial charge in [-0.2, -0.15) is 4.98 Å². The second-order valence-electron chi connectivity index (χ2n) is 6.09. The van der Waals surface area contributed by atoms with E-state index in [9.17, 15) is 14.3 Å². The summed E-state index contributed by atoms with van der Waals surface area (Å²) in [5.74, 6) is 0.759. The number of rotatable bonds is 5. The molecule has 0 aliphatic carbocycles. The minimum atomic E-state index is -0.553. The largest absolute Gasteiger partial charge is 0.391 e. The quantitative estimate of drug-likeness (QED) is 0.907. The van der Waals surface area contributed by atoms with Crippen molar-refractivity contribution in [1.29, 1.82) is 0 Å². The van der Waals surface area contributed by atoms with Crippen LogP contribution in [0.5, 0.6) is 0 Å². The first-order valence-corrected chi connectivity index (χ1v) is 8.05. The van der Waals surface area contributed by atoms with Gasteiger partial charge in [0.25, 0.3) is 0 Å². The number of amides is 1. The number of aryl methyl sites for hydroxylation is 2. The summed E-state index contributed by atoms with van der Waals surface area (Å²) in [6.45, 7) is 2.05. The molecule has 1 aromatic carbocycles. The number of hydrogen-bond donors (Lipinski definition) is 1. The number of benzene rings is 1. The number of likely N-dealkylation sites (tertiary alicyclic amines) is 1. The maximum atomic E-state index is 13.1. The maximum absolute atomic E-state index is 13.1. The van der Waals surface area contributed by atoms with Gasteiger partial charge in [-0.15, -0.1) is 0 Å². The summed E-state index contributed by atoms with van der Waals surface area (Å²) in [5.41, 5.74) is 0.842.